The number of nitrogens with zero attached hydrogens (tertiary/aromatic N) is 1. The average Bonchev–Trinajstić information content (AvgIpc) is 2.42. The molecule has 0 atom stereocenters. The van der Waals surface area contributed by atoms with E-state index in [1.54, 1.807) is 0 Å². The largest absolute Gasteiger partial charge is 0.573 e. The third kappa shape index (κ3) is 5.51. The normalized spacial score (nSPS) is 17.0. The molecule has 3 nitrogen and oxygen atoms in total. The number of morpholine rings is 1. The summed E-state index contributed by atoms with van der Waals surface area (Å²) in [4.78, 5) is 2.17. The summed E-state index contributed by atoms with van der Waals surface area (Å²) in [6.45, 7) is 3.71. The fourth-order valence-electron chi connectivity index (χ4n) is 2.29. The van der Waals surface area contributed by atoms with Gasteiger partial charge in [-0.3, -0.25) is 4.90 Å². The van der Waals surface area contributed by atoms with Crippen LogP contribution in [-0.4, -0.2) is 44.1 Å². The smallest absolute Gasteiger partial charge is 0.405 e. The average molecular weight is 307 g/mol. The molecule has 1 aliphatic heterocycles. The Morgan fingerprint density at radius 1 is 1.19 bits per heavy atom. The lowest BCUT2D eigenvalue weighted by Crippen LogP contribution is -2.36. The Morgan fingerprint density at radius 3 is 2.57 bits per heavy atom. The van der Waals surface area contributed by atoms with Gasteiger partial charge >= 0.3 is 6.36 Å². The van der Waals surface area contributed by atoms with Gasteiger partial charge in [-0.25, -0.2) is 4.39 Å². The standard InChI is InChI=1S/C14H17F4NO2/c15-12-3-4-13(21-14(16,17)18)11(10-12)2-1-5-19-6-8-20-9-7-19/h3-4,10H,1-2,5-9H2. The van der Waals surface area contributed by atoms with Crippen LogP contribution in [0.2, 0.25) is 0 Å². The predicted molar refractivity (Wildman–Crippen MR) is 68.7 cm³/mol. The quantitative estimate of drug-likeness (QED) is 0.781. The maximum atomic E-state index is 13.2. The predicted octanol–water partition coefficient (Wildman–Crippen LogP) is 2.99. The first-order chi connectivity index (χ1) is 9.94. The number of aryl methyl sites for hydroxylation is 1. The van der Waals surface area contributed by atoms with Crippen LogP contribution in [0, 0.1) is 5.82 Å². The molecule has 118 valence electrons. The highest BCUT2D eigenvalue weighted by Crippen LogP contribution is 2.28. The van der Waals surface area contributed by atoms with Crippen LogP contribution in [0.25, 0.3) is 0 Å². The van der Waals surface area contributed by atoms with Gasteiger partial charge in [-0.1, -0.05) is 0 Å². The van der Waals surface area contributed by atoms with Crippen molar-refractivity contribution in [3.63, 3.8) is 0 Å². The minimum absolute atomic E-state index is 0.237. The van der Waals surface area contributed by atoms with E-state index in [0.717, 1.165) is 37.8 Å². The van der Waals surface area contributed by atoms with Crippen molar-refractivity contribution in [2.75, 3.05) is 32.8 Å². The van der Waals surface area contributed by atoms with E-state index in [9.17, 15) is 17.6 Å². The van der Waals surface area contributed by atoms with Gasteiger partial charge < -0.3 is 9.47 Å². The molecule has 2 rings (SSSR count). The molecule has 0 unspecified atom stereocenters. The summed E-state index contributed by atoms with van der Waals surface area (Å²) in [5, 5.41) is 0. The lowest BCUT2D eigenvalue weighted by molar-refractivity contribution is -0.274. The van der Waals surface area contributed by atoms with Crippen LogP contribution in [-0.2, 0) is 11.2 Å². The number of benzene rings is 1. The van der Waals surface area contributed by atoms with Gasteiger partial charge in [-0.15, -0.1) is 13.2 Å². The van der Waals surface area contributed by atoms with Crippen molar-refractivity contribution in [3.05, 3.63) is 29.6 Å². The molecule has 0 amide bonds. The molecule has 1 heterocycles. The molecule has 0 spiro atoms. The van der Waals surface area contributed by atoms with Crippen LogP contribution in [0.5, 0.6) is 5.75 Å². The summed E-state index contributed by atoms with van der Waals surface area (Å²) < 4.78 is 59.2. The van der Waals surface area contributed by atoms with Crippen LogP contribution < -0.4 is 4.74 Å². The van der Waals surface area contributed by atoms with Gasteiger partial charge in [-0.2, -0.15) is 0 Å². The number of halogens is 4. The molecule has 0 aliphatic carbocycles. The van der Waals surface area contributed by atoms with E-state index >= 15 is 0 Å². The van der Waals surface area contributed by atoms with E-state index in [1.807, 2.05) is 0 Å². The second-order valence-electron chi connectivity index (χ2n) is 4.86. The maximum Gasteiger partial charge on any atom is 0.573 e. The van der Waals surface area contributed by atoms with E-state index in [-0.39, 0.29) is 11.3 Å². The number of hydrogen-bond donors (Lipinski definition) is 0. The number of alkyl halides is 3. The molecule has 0 N–H and O–H groups in total. The van der Waals surface area contributed by atoms with Crippen molar-refractivity contribution in [2.45, 2.75) is 19.2 Å². The molecule has 1 aromatic carbocycles. The van der Waals surface area contributed by atoms with Gasteiger partial charge in [0.15, 0.2) is 0 Å². The zero-order chi connectivity index (χ0) is 15.3. The third-order valence-corrected chi connectivity index (χ3v) is 3.27. The van der Waals surface area contributed by atoms with Crippen molar-refractivity contribution in [1.82, 2.24) is 4.90 Å². The fourth-order valence-corrected chi connectivity index (χ4v) is 2.29. The summed E-state index contributed by atoms with van der Waals surface area (Å²) in [5.74, 6) is -0.892. The lowest BCUT2D eigenvalue weighted by atomic mass is 10.1. The summed E-state index contributed by atoms with van der Waals surface area (Å²) in [5.41, 5.74) is 0.237. The topological polar surface area (TPSA) is 21.7 Å². The zero-order valence-electron chi connectivity index (χ0n) is 11.5. The monoisotopic (exact) mass is 307 g/mol. The Bertz CT molecular complexity index is 459. The highest BCUT2D eigenvalue weighted by molar-refractivity contribution is 5.34. The Labute approximate surface area is 120 Å². The van der Waals surface area contributed by atoms with Crippen molar-refractivity contribution < 1.29 is 27.0 Å². The molecule has 0 aromatic heterocycles. The highest BCUT2D eigenvalue weighted by Gasteiger charge is 2.32. The molecular weight excluding hydrogens is 290 g/mol. The minimum atomic E-state index is -4.77. The van der Waals surface area contributed by atoms with E-state index in [4.69, 9.17) is 4.74 Å². The van der Waals surface area contributed by atoms with E-state index in [0.29, 0.717) is 26.1 Å². The Balaban J connectivity index is 1.92. The molecule has 21 heavy (non-hydrogen) atoms. The molecule has 1 aromatic rings. The minimum Gasteiger partial charge on any atom is -0.405 e. The van der Waals surface area contributed by atoms with Gasteiger partial charge in [0.1, 0.15) is 11.6 Å². The van der Waals surface area contributed by atoms with Crippen LogP contribution in [0.3, 0.4) is 0 Å². The van der Waals surface area contributed by atoms with E-state index in [1.165, 1.54) is 0 Å². The first kappa shape index (κ1) is 16.0. The van der Waals surface area contributed by atoms with Gasteiger partial charge in [0.25, 0.3) is 0 Å². The SMILES string of the molecule is Fc1ccc(OC(F)(F)F)c(CCCN2CCOCC2)c1. The summed E-state index contributed by atoms with van der Waals surface area (Å²) in [6.07, 6.45) is -3.80. The third-order valence-electron chi connectivity index (χ3n) is 3.27. The summed E-state index contributed by atoms with van der Waals surface area (Å²) in [7, 11) is 0. The molecule has 7 heteroatoms. The Kier molecular flexibility index (Phi) is 5.41. The summed E-state index contributed by atoms with van der Waals surface area (Å²) >= 11 is 0. The second-order valence-corrected chi connectivity index (χ2v) is 4.86. The molecule has 1 fully saturated rings. The van der Waals surface area contributed by atoms with Gasteiger partial charge in [0, 0.05) is 13.1 Å². The molecule has 0 radical (unpaired) electrons. The van der Waals surface area contributed by atoms with Gasteiger partial charge in [0.05, 0.1) is 13.2 Å². The van der Waals surface area contributed by atoms with E-state index in [2.05, 4.69) is 9.64 Å². The maximum absolute atomic E-state index is 13.2. The van der Waals surface area contributed by atoms with E-state index < -0.39 is 12.2 Å². The van der Waals surface area contributed by atoms with Crippen molar-refractivity contribution in [3.8, 4) is 5.75 Å². The van der Waals surface area contributed by atoms with Gasteiger partial charge in [0.2, 0.25) is 0 Å². The first-order valence-corrected chi connectivity index (χ1v) is 6.78. The molecule has 1 saturated heterocycles. The lowest BCUT2D eigenvalue weighted by Gasteiger charge is -2.26. The zero-order valence-corrected chi connectivity index (χ0v) is 11.5. The van der Waals surface area contributed by atoms with Crippen LogP contribution in [0.4, 0.5) is 17.6 Å². The Hall–Kier alpha value is -1.34. The fraction of sp³-hybridized carbons (Fsp3) is 0.571. The second kappa shape index (κ2) is 7.09. The molecule has 0 saturated carbocycles. The van der Waals surface area contributed by atoms with Crippen LogP contribution >= 0.6 is 0 Å². The number of hydrogen-bond acceptors (Lipinski definition) is 3. The first-order valence-electron chi connectivity index (χ1n) is 6.78. The van der Waals surface area contributed by atoms with Crippen molar-refractivity contribution in [1.29, 1.82) is 0 Å². The van der Waals surface area contributed by atoms with Crippen LogP contribution in [0.15, 0.2) is 18.2 Å². The molecule has 1 aliphatic rings. The number of rotatable bonds is 5. The molecule has 0 bridgehead atoms. The van der Waals surface area contributed by atoms with Crippen molar-refractivity contribution in [2.24, 2.45) is 0 Å². The number of ether oxygens (including phenoxy) is 2. The Morgan fingerprint density at radius 2 is 1.90 bits per heavy atom. The van der Waals surface area contributed by atoms with Crippen molar-refractivity contribution >= 4 is 0 Å². The molecular formula is C14H17F4NO2. The van der Waals surface area contributed by atoms with Crippen LogP contribution in [0.1, 0.15) is 12.0 Å². The highest BCUT2D eigenvalue weighted by atomic mass is 19.4. The van der Waals surface area contributed by atoms with Gasteiger partial charge in [-0.05, 0) is 43.1 Å². The summed E-state index contributed by atoms with van der Waals surface area (Å²) in [6, 6.07) is 3.08.